The predicted molar refractivity (Wildman–Crippen MR) is 99.4 cm³/mol. The lowest BCUT2D eigenvalue weighted by atomic mass is 9.86. The first-order chi connectivity index (χ1) is 12.2. The summed E-state index contributed by atoms with van der Waals surface area (Å²) < 4.78 is 28.3. The lowest BCUT2D eigenvalue weighted by Gasteiger charge is -2.38. The normalized spacial score (nSPS) is 27.5. The van der Waals surface area contributed by atoms with Crippen molar-refractivity contribution in [3.63, 3.8) is 0 Å². The molecule has 0 spiro atoms. The van der Waals surface area contributed by atoms with E-state index in [1.54, 1.807) is 0 Å². The van der Waals surface area contributed by atoms with E-state index in [4.69, 9.17) is 4.74 Å². The van der Waals surface area contributed by atoms with Crippen LogP contribution in [0.25, 0.3) is 0 Å². The number of carbonyl (C=O) groups excluding carboxylic acids is 2. The molecule has 1 amide bonds. The molecular formula is C18H32N2O5S. The van der Waals surface area contributed by atoms with Gasteiger partial charge in [0.15, 0.2) is 0 Å². The van der Waals surface area contributed by atoms with Crippen LogP contribution in [-0.2, 0) is 24.2 Å². The first kappa shape index (κ1) is 21.2. The first-order valence-corrected chi connectivity index (χ1v) is 11.3. The molecule has 0 bridgehead atoms. The highest BCUT2D eigenvalue weighted by Gasteiger charge is 2.39. The molecule has 2 rings (SSSR count). The number of hydrogen-bond donors (Lipinski definition) is 1. The van der Waals surface area contributed by atoms with Gasteiger partial charge in [-0.2, -0.15) is 0 Å². The number of rotatable bonds is 6. The molecule has 2 aliphatic rings. The van der Waals surface area contributed by atoms with Crippen LogP contribution in [-0.4, -0.2) is 69.0 Å². The van der Waals surface area contributed by atoms with Crippen molar-refractivity contribution in [2.24, 2.45) is 5.92 Å². The van der Waals surface area contributed by atoms with Gasteiger partial charge in [-0.3, -0.25) is 9.59 Å². The maximum atomic E-state index is 12.6. The van der Waals surface area contributed by atoms with Gasteiger partial charge < -0.3 is 15.0 Å². The molecule has 1 N–H and O–H groups in total. The molecule has 1 aliphatic heterocycles. The Bertz CT molecular complexity index is 597. The lowest BCUT2D eigenvalue weighted by molar-refractivity contribution is -0.143. The molecule has 7 nitrogen and oxygen atoms in total. The second-order valence-electron chi connectivity index (χ2n) is 7.96. The number of methoxy groups -OCH3 is 1. The molecule has 0 atom stereocenters. The Kier molecular flexibility index (Phi) is 7.07. The topological polar surface area (TPSA) is 92.8 Å². The van der Waals surface area contributed by atoms with Crippen molar-refractivity contribution in [3.05, 3.63) is 0 Å². The van der Waals surface area contributed by atoms with Crippen LogP contribution in [0.1, 0.15) is 51.9 Å². The average Bonchev–Trinajstić information content (AvgIpc) is 2.62. The minimum absolute atomic E-state index is 0.0118. The highest BCUT2D eigenvalue weighted by atomic mass is 32.2. The number of esters is 1. The van der Waals surface area contributed by atoms with E-state index in [0.29, 0.717) is 12.8 Å². The van der Waals surface area contributed by atoms with Gasteiger partial charge in [0.05, 0.1) is 31.6 Å². The van der Waals surface area contributed by atoms with Gasteiger partial charge in [0.1, 0.15) is 9.84 Å². The zero-order valence-electron chi connectivity index (χ0n) is 16.1. The summed E-state index contributed by atoms with van der Waals surface area (Å²) in [5, 5.41) is 3.21. The fourth-order valence-corrected chi connectivity index (χ4v) is 5.52. The minimum Gasteiger partial charge on any atom is -0.469 e. The molecule has 1 saturated heterocycles. The van der Waals surface area contributed by atoms with Crippen LogP contribution < -0.4 is 5.32 Å². The number of carbonyl (C=O) groups is 2. The Morgan fingerprint density at radius 1 is 1.15 bits per heavy atom. The van der Waals surface area contributed by atoms with Crippen molar-refractivity contribution in [2.75, 3.05) is 32.2 Å². The highest BCUT2D eigenvalue weighted by molar-refractivity contribution is 7.91. The number of nitrogens with zero attached hydrogens (tertiary/aromatic N) is 1. The van der Waals surface area contributed by atoms with Gasteiger partial charge in [0, 0.05) is 18.6 Å². The van der Waals surface area contributed by atoms with Gasteiger partial charge in [-0.05, 0) is 44.4 Å². The fourth-order valence-electron chi connectivity index (χ4n) is 3.91. The van der Waals surface area contributed by atoms with E-state index >= 15 is 0 Å². The lowest BCUT2D eigenvalue weighted by Crippen LogP contribution is -2.55. The largest absolute Gasteiger partial charge is 0.469 e. The molecule has 1 heterocycles. The van der Waals surface area contributed by atoms with Crippen molar-refractivity contribution >= 4 is 21.7 Å². The quantitative estimate of drug-likeness (QED) is 0.686. The van der Waals surface area contributed by atoms with Gasteiger partial charge in [0.25, 0.3) is 0 Å². The second-order valence-corrected chi connectivity index (χ2v) is 10.3. The van der Waals surface area contributed by atoms with E-state index in [2.05, 4.69) is 12.2 Å². The van der Waals surface area contributed by atoms with Gasteiger partial charge in [-0.1, -0.05) is 6.92 Å². The summed E-state index contributed by atoms with van der Waals surface area (Å²) in [7, 11) is 0.0933. The number of likely N-dealkylation sites (N-methyl/N-ethyl adjacent to an activating group) is 1. The zero-order valence-corrected chi connectivity index (χ0v) is 16.9. The van der Waals surface area contributed by atoms with Crippen LogP contribution in [0.5, 0.6) is 0 Å². The van der Waals surface area contributed by atoms with Crippen molar-refractivity contribution < 1.29 is 22.7 Å². The van der Waals surface area contributed by atoms with Crippen LogP contribution in [0.2, 0.25) is 0 Å². The molecule has 0 aromatic rings. The summed E-state index contributed by atoms with van der Waals surface area (Å²) in [5.41, 5.74) is -0.685. The molecule has 1 aliphatic carbocycles. The molecule has 0 aromatic heterocycles. The summed E-state index contributed by atoms with van der Waals surface area (Å²) in [6.45, 7) is 2.35. The molecular weight excluding hydrogens is 356 g/mol. The summed E-state index contributed by atoms with van der Waals surface area (Å²) in [4.78, 5) is 26.2. The smallest absolute Gasteiger partial charge is 0.307 e. The third-order valence-corrected chi connectivity index (χ3v) is 7.69. The number of ether oxygens (including phenoxy) is 1. The van der Waals surface area contributed by atoms with Crippen molar-refractivity contribution in [3.8, 4) is 0 Å². The van der Waals surface area contributed by atoms with Crippen LogP contribution in [0, 0.1) is 5.92 Å². The molecule has 0 radical (unpaired) electrons. The van der Waals surface area contributed by atoms with Crippen LogP contribution in [0.15, 0.2) is 0 Å². The Hall–Kier alpha value is -1.15. The SMILES string of the molecule is COC(=O)CC1(NCC(=O)N(C)C2CCC(C)CC2)CCS(=O)(=O)CC1. The van der Waals surface area contributed by atoms with E-state index in [9.17, 15) is 18.0 Å². The van der Waals surface area contributed by atoms with E-state index in [1.807, 2.05) is 11.9 Å². The third kappa shape index (κ3) is 5.67. The van der Waals surface area contributed by atoms with Gasteiger partial charge in [0.2, 0.25) is 5.91 Å². The molecule has 2 fully saturated rings. The van der Waals surface area contributed by atoms with Crippen LogP contribution in [0.4, 0.5) is 0 Å². The summed E-state index contributed by atoms with van der Waals surface area (Å²) >= 11 is 0. The van der Waals surface area contributed by atoms with Gasteiger partial charge >= 0.3 is 5.97 Å². The maximum Gasteiger partial charge on any atom is 0.307 e. The van der Waals surface area contributed by atoms with Crippen LogP contribution in [0.3, 0.4) is 0 Å². The number of nitrogens with one attached hydrogen (secondary N) is 1. The fraction of sp³-hybridized carbons (Fsp3) is 0.889. The molecule has 0 unspecified atom stereocenters. The van der Waals surface area contributed by atoms with Crippen molar-refractivity contribution in [2.45, 2.75) is 63.5 Å². The molecule has 1 saturated carbocycles. The zero-order chi connectivity index (χ0) is 19.4. The number of sulfone groups is 1. The minimum atomic E-state index is -3.06. The van der Waals surface area contributed by atoms with Crippen molar-refractivity contribution in [1.29, 1.82) is 0 Å². The Morgan fingerprint density at radius 3 is 2.27 bits per heavy atom. The number of hydrogen-bond acceptors (Lipinski definition) is 6. The Morgan fingerprint density at radius 2 is 1.73 bits per heavy atom. The van der Waals surface area contributed by atoms with Gasteiger partial charge in [-0.25, -0.2) is 8.42 Å². The summed E-state index contributed by atoms with van der Waals surface area (Å²) in [5.74, 6) is 0.379. The maximum absolute atomic E-state index is 12.6. The van der Waals surface area contributed by atoms with Crippen molar-refractivity contribution in [1.82, 2.24) is 10.2 Å². The standard InChI is InChI=1S/C18H32N2O5S/c1-14-4-6-15(7-5-14)20(2)16(21)13-19-18(12-17(22)25-3)8-10-26(23,24)11-9-18/h14-15,19H,4-13H2,1-3H3. The van der Waals surface area contributed by atoms with E-state index in [1.165, 1.54) is 7.11 Å². The molecule has 8 heteroatoms. The molecule has 0 aromatic carbocycles. The Balaban J connectivity index is 1.95. The van der Waals surface area contributed by atoms with E-state index < -0.39 is 15.4 Å². The monoisotopic (exact) mass is 388 g/mol. The summed E-state index contributed by atoms with van der Waals surface area (Å²) in [6, 6.07) is 0.267. The van der Waals surface area contributed by atoms with Crippen LogP contribution >= 0.6 is 0 Å². The predicted octanol–water partition coefficient (Wildman–Crippen LogP) is 1.12. The summed E-state index contributed by atoms with van der Waals surface area (Å²) in [6.07, 6.45) is 5.05. The van der Waals surface area contributed by atoms with E-state index in [-0.39, 0.29) is 42.4 Å². The van der Waals surface area contributed by atoms with Gasteiger partial charge in [-0.15, -0.1) is 0 Å². The molecule has 150 valence electrons. The highest BCUT2D eigenvalue weighted by Crippen LogP contribution is 2.29. The van der Waals surface area contributed by atoms with E-state index in [0.717, 1.165) is 31.6 Å². The Labute approximate surface area is 156 Å². The average molecular weight is 389 g/mol. The number of amides is 1. The first-order valence-electron chi connectivity index (χ1n) is 9.44. The third-order valence-electron chi connectivity index (χ3n) is 6.03. The second kappa shape index (κ2) is 8.69. The molecule has 26 heavy (non-hydrogen) atoms.